The van der Waals surface area contributed by atoms with E-state index in [0.717, 1.165) is 6.42 Å². The summed E-state index contributed by atoms with van der Waals surface area (Å²) in [6.07, 6.45) is 0.818. The van der Waals surface area contributed by atoms with Gasteiger partial charge in [0.05, 0.1) is 5.39 Å². The number of nitrogens with one attached hydrogen (secondary N) is 1. The number of amides is 1. The molecule has 0 aliphatic rings. The van der Waals surface area contributed by atoms with E-state index in [1.165, 1.54) is 29.8 Å². The number of carbonyl (C=O) groups is 1. The summed E-state index contributed by atoms with van der Waals surface area (Å²) >= 11 is 0. The van der Waals surface area contributed by atoms with Crippen molar-refractivity contribution in [2.24, 2.45) is 7.05 Å². The van der Waals surface area contributed by atoms with Crippen molar-refractivity contribution in [2.45, 2.75) is 13.3 Å². The monoisotopic (exact) mass is 262 g/mol. The van der Waals surface area contributed by atoms with Gasteiger partial charge < -0.3 is 9.88 Å². The number of hydrogen-bond donors (Lipinski definition) is 1. The number of fused-ring (bicyclic) bond motifs is 1. The Labute approximate surface area is 109 Å². The number of rotatable bonds is 3. The van der Waals surface area contributed by atoms with Crippen LogP contribution in [0.3, 0.4) is 0 Å². The third kappa shape index (κ3) is 2.50. The molecular formula is C14H15FN2O2. The average molecular weight is 262 g/mol. The van der Waals surface area contributed by atoms with Crippen LogP contribution in [0.2, 0.25) is 0 Å². The Kier molecular flexibility index (Phi) is 3.64. The lowest BCUT2D eigenvalue weighted by Crippen LogP contribution is -2.31. The Morgan fingerprint density at radius 3 is 2.79 bits per heavy atom. The molecular weight excluding hydrogens is 247 g/mol. The summed E-state index contributed by atoms with van der Waals surface area (Å²) in [5, 5.41) is 3.55. The van der Waals surface area contributed by atoms with Crippen molar-refractivity contribution in [2.75, 3.05) is 6.54 Å². The van der Waals surface area contributed by atoms with Crippen LogP contribution in [-0.2, 0) is 7.05 Å². The average Bonchev–Trinajstić information content (AvgIpc) is 2.40. The fraction of sp³-hybridized carbons (Fsp3) is 0.286. The van der Waals surface area contributed by atoms with Gasteiger partial charge in [0.1, 0.15) is 11.5 Å². The van der Waals surface area contributed by atoms with Crippen molar-refractivity contribution in [1.82, 2.24) is 9.88 Å². The largest absolute Gasteiger partial charge is 0.351 e. The van der Waals surface area contributed by atoms with Crippen molar-refractivity contribution >= 4 is 16.7 Å². The van der Waals surface area contributed by atoms with E-state index in [2.05, 4.69) is 5.32 Å². The van der Waals surface area contributed by atoms with E-state index < -0.39 is 5.82 Å². The standard InChI is InChI=1S/C14H15FN2O2/c1-3-6-16-13(18)12-7-9-4-5-10(15)8-11(9)14(19)17(12)2/h4-5,7-8H,3,6H2,1-2H3,(H,16,18). The maximum atomic E-state index is 13.1. The number of halogens is 1. The highest BCUT2D eigenvalue weighted by Crippen LogP contribution is 2.13. The molecule has 100 valence electrons. The second kappa shape index (κ2) is 5.22. The molecule has 0 bridgehead atoms. The molecule has 0 spiro atoms. The summed E-state index contributed by atoms with van der Waals surface area (Å²) in [6.45, 7) is 2.50. The van der Waals surface area contributed by atoms with Crippen LogP contribution in [0.15, 0.2) is 29.1 Å². The van der Waals surface area contributed by atoms with Crippen molar-refractivity contribution in [3.05, 3.63) is 46.1 Å². The van der Waals surface area contributed by atoms with Gasteiger partial charge in [-0.15, -0.1) is 0 Å². The summed E-state index contributed by atoms with van der Waals surface area (Å²) in [5.74, 6) is -0.763. The summed E-state index contributed by atoms with van der Waals surface area (Å²) in [4.78, 5) is 24.0. The molecule has 2 rings (SSSR count). The van der Waals surface area contributed by atoms with Gasteiger partial charge in [0, 0.05) is 13.6 Å². The van der Waals surface area contributed by atoms with Gasteiger partial charge in [-0.25, -0.2) is 4.39 Å². The van der Waals surface area contributed by atoms with Gasteiger partial charge >= 0.3 is 0 Å². The normalized spacial score (nSPS) is 10.7. The van der Waals surface area contributed by atoms with Gasteiger partial charge in [-0.3, -0.25) is 9.59 Å². The van der Waals surface area contributed by atoms with E-state index in [0.29, 0.717) is 11.9 Å². The minimum absolute atomic E-state index is 0.273. The molecule has 0 unspecified atom stereocenters. The topological polar surface area (TPSA) is 51.1 Å². The smallest absolute Gasteiger partial charge is 0.268 e. The quantitative estimate of drug-likeness (QED) is 0.917. The molecule has 5 heteroatoms. The Morgan fingerprint density at radius 1 is 1.37 bits per heavy atom. The molecule has 1 N–H and O–H groups in total. The first-order chi connectivity index (χ1) is 9.04. The van der Waals surface area contributed by atoms with Gasteiger partial charge in [0.2, 0.25) is 0 Å². The molecule has 0 atom stereocenters. The highest BCUT2D eigenvalue weighted by atomic mass is 19.1. The zero-order valence-corrected chi connectivity index (χ0v) is 10.9. The summed E-state index contributed by atoms with van der Waals surface area (Å²) in [6, 6.07) is 5.56. The first-order valence-electron chi connectivity index (χ1n) is 6.12. The van der Waals surface area contributed by atoms with Crippen LogP contribution in [0, 0.1) is 5.82 Å². The number of pyridine rings is 1. The molecule has 2 aromatic rings. The lowest BCUT2D eigenvalue weighted by molar-refractivity contribution is 0.0944. The van der Waals surface area contributed by atoms with Gasteiger partial charge in [-0.1, -0.05) is 13.0 Å². The molecule has 19 heavy (non-hydrogen) atoms. The van der Waals surface area contributed by atoms with Crippen LogP contribution in [0.1, 0.15) is 23.8 Å². The number of hydrogen-bond acceptors (Lipinski definition) is 2. The number of carbonyl (C=O) groups excluding carboxylic acids is 1. The minimum atomic E-state index is -0.465. The third-order valence-electron chi connectivity index (χ3n) is 2.97. The van der Waals surface area contributed by atoms with Gasteiger partial charge in [0.15, 0.2) is 0 Å². The maximum Gasteiger partial charge on any atom is 0.268 e. The van der Waals surface area contributed by atoms with Crippen molar-refractivity contribution in [1.29, 1.82) is 0 Å². The van der Waals surface area contributed by atoms with E-state index in [4.69, 9.17) is 0 Å². The molecule has 1 amide bonds. The number of benzene rings is 1. The molecule has 1 aromatic heterocycles. The van der Waals surface area contributed by atoms with E-state index in [-0.39, 0.29) is 22.5 Å². The SMILES string of the molecule is CCCNC(=O)c1cc2ccc(F)cc2c(=O)n1C. The van der Waals surface area contributed by atoms with Gasteiger partial charge in [-0.2, -0.15) is 0 Å². The number of nitrogens with zero attached hydrogens (tertiary/aromatic N) is 1. The van der Waals surface area contributed by atoms with Crippen molar-refractivity contribution in [3.63, 3.8) is 0 Å². The molecule has 1 aromatic carbocycles. The fourth-order valence-electron chi connectivity index (χ4n) is 1.92. The molecule has 0 saturated heterocycles. The molecule has 0 aliphatic carbocycles. The highest BCUT2D eigenvalue weighted by molar-refractivity contribution is 5.96. The van der Waals surface area contributed by atoms with Crippen molar-refractivity contribution < 1.29 is 9.18 Å². The van der Waals surface area contributed by atoms with E-state index in [1.807, 2.05) is 6.92 Å². The fourth-order valence-corrected chi connectivity index (χ4v) is 1.92. The van der Waals surface area contributed by atoms with Gasteiger partial charge in [-0.05, 0) is 30.0 Å². The summed E-state index contributed by atoms with van der Waals surface area (Å²) < 4.78 is 14.4. The van der Waals surface area contributed by atoms with Crippen LogP contribution in [-0.4, -0.2) is 17.0 Å². The maximum absolute atomic E-state index is 13.1. The lowest BCUT2D eigenvalue weighted by Gasteiger charge is -2.10. The zero-order valence-electron chi connectivity index (χ0n) is 10.9. The van der Waals surface area contributed by atoms with Crippen LogP contribution in [0.5, 0.6) is 0 Å². The van der Waals surface area contributed by atoms with Crippen LogP contribution in [0.25, 0.3) is 10.8 Å². The van der Waals surface area contributed by atoms with E-state index in [9.17, 15) is 14.0 Å². The van der Waals surface area contributed by atoms with Crippen LogP contribution >= 0.6 is 0 Å². The number of aromatic nitrogens is 1. The predicted octanol–water partition coefficient (Wildman–Crippen LogP) is 1.82. The first kappa shape index (κ1) is 13.3. The van der Waals surface area contributed by atoms with E-state index >= 15 is 0 Å². The van der Waals surface area contributed by atoms with Crippen LogP contribution < -0.4 is 10.9 Å². The zero-order chi connectivity index (χ0) is 14.0. The molecule has 1 heterocycles. The third-order valence-corrected chi connectivity index (χ3v) is 2.97. The molecule has 0 radical (unpaired) electrons. The highest BCUT2D eigenvalue weighted by Gasteiger charge is 2.13. The molecule has 0 aliphatic heterocycles. The predicted molar refractivity (Wildman–Crippen MR) is 71.8 cm³/mol. The van der Waals surface area contributed by atoms with Crippen LogP contribution in [0.4, 0.5) is 4.39 Å². The van der Waals surface area contributed by atoms with Gasteiger partial charge in [0.25, 0.3) is 11.5 Å². The Morgan fingerprint density at radius 2 is 2.11 bits per heavy atom. The lowest BCUT2D eigenvalue weighted by atomic mass is 10.1. The molecule has 0 fully saturated rings. The second-order valence-corrected chi connectivity index (χ2v) is 4.38. The Hall–Kier alpha value is -2.17. The van der Waals surface area contributed by atoms with E-state index in [1.54, 1.807) is 6.07 Å². The second-order valence-electron chi connectivity index (χ2n) is 4.38. The van der Waals surface area contributed by atoms with Crippen molar-refractivity contribution in [3.8, 4) is 0 Å². The summed E-state index contributed by atoms with van der Waals surface area (Å²) in [5.41, 5.74) is -0.101. The molecule has 0 saturated carbocycles. The Bertz CT molecular complexity index is 692. The minimum Gasteiger partial charge on any atom is -0.351 e. The summed E-state index contributed by atoms with van der Waals surface area (Å²) in [7, 11) is 1.51. The Balaban J connectivity index is 2.58. The first-order valence-corrected chi connectivity index (χ1v) is 6.12. The molecule has 4 nitrogen and oxygen atoms in total.